The van der Waals surface area contributed by atoms with E-state index >= 15 is 0 Å². The topological polar surface area (TPSA) is 95.5 Å². The number of allylic oxidation sites excluding steroid dienone is 1. The number of nitrogens with one attached hydrogen (secondary N) is 2. The van der Waals surface area contributed by atoms with E-state index in [-0.39, 0.29) is 12.2 Å². The average molecular weight is 502 g/mol. The summed E-state index contributed by atoms with van der Waals surface area (Å²) < 4.78 is 5.24. The number of carbonyl (C=O) groups is 1. The summed E-state index contributed by atoms with van der Waals surface area (Å²) in [4.78, 5) is 30.5. The molecular weight excluding hydrogens is 466 g/mol. The van der Waals surface area contributed by atoms with Gasteiger partial charge in [-0.05, 0) is 49.7 Å². The number of pyridine rings is 1. The molecule has 4 rings (SSSR count). The van der Waals surface area contributed by atoms with Crippen molar-refractivity contribution in [3.05, 3.63) is 71.6 Å². The van der Waals surface area contributed by atoms with Gasteiger partial charge >= 0.3 is 0 Å². The number of hydrogen-bond acceptors (Lipinski definition) is 9. The minimum absolute atomic E-state index is 0.0244. The second-order valence-corrected chi connectivity index (χ2v) is 9.43. The predicted octanol–water partition coefficient (Wildman–Crippen LogP) is 4.03. The van der Waals surface area contributed by atoms with Gasteiger partial charge in [0.05, 0.1) is 12.8 Å². The minimum Gasteiger partial charge on any atom is -0.481 e. The van der Waals surface area contributed by atoms with Crippen molar-refractivity contribution in [1.29, 1.82) is 0 Å². The zero-order valence-electron chi connectivity index (χ0n) is 22.0. The number of benzene rings is 1. The summed E-state index contributed by atoms with van der Waals surface area (Å²) in [5, 5.41) is 6.69. The number of ketones is 1. The molecule has 0 bridgehead atoms. The second kappa shape index (κ2) is 11.9. The van der Waals surface area contributed by atoms with Crippen molar-refractivity contribution in [3.63, 3.8) is 0 Å². The Balaban J connectivity index is 1.57. The molecule has 3 aromatic rings. The lowest BCUT2D eigenvalue weighted by Gasteiger charge is -2.32. The van der Waals surface area contributed by atoms with Crippen LogP contribution in [0.2, 0.25) is 0 Å². The molecule has 9 nitrogen and oxygen atoms in total. The Morgan fingerprint density at radius 3 is 2.54 bits per heavy atom. The van der Waals surface area contributed by atoms with Crippen LogP contribution in [-0.4, -0.2) is 70.9 Å². The van der Waals surface area contributed by atoms with Crippen LogP contribution < -0.4 is 15.4 Å². The predicted molar refractivity (Wildman–Crippen MR) is 147 cm³/mol. The van der Waals surface area contributed by atoms with Gasteiger partial charge in [-0.25, -0.2) is 9.97 Å². The Morgan fingerprint density at radius 1 is 1.05 bits per heavy atom. The molecule has 37 heavy (non-hydrogen) atoms. The highest BCUT2D eigenvalue weighted by atomic mass is 16.5. The average Bonchev–Trinajstić information content (AvgIpc) is 2.90. The summed E-state index contributed by atoms with van der Waals surface area (Å²) in [5.41, 5.74) is 5.58. The molecule has 9 heteroatoms. The Morgan fingerprint density at radius 2 is 1.81 bits per heavy atom. The van der Waals surface area contributed by atoms with Gasteiger partial charge in [0.1, 0.15) is 5.82 Å². The highest BCUT2D eigenvalue weighted by Crippen LogP contribution is 2.27. The van der Waals surface area contributed by atoms with Crippen molar-refractivity contribution in [2.75, 3.05) is 51.0 Å². The molecule has 1 aliphatic heterocycles. The SMILES string of the molecule is C=CC(=O)Cc1cc(CN2CCN(C)CC2)ccc1Nc1nc(Nc2cc(OC)ncc2C)ncc1C. The highest BCUT2D eigenvalue weighted by molar-refractivity contribution is 5.92. The number of likely N-dealkylation sites (N-methyl/N-ethyl adjacent to an activating group) is 1. The van der Waals surface area contributed by atoms with Crippen molar-refractivity contribution in [1.82, 2.24) is 24.8 Å². The number of aromatic nitrogens is 3. The van der Waals surface area contributed by atoms with Crippen molar-refractivity contribution < 1.29 is 9.53 Å². The lowest BCUT2D eigenvalue weighted by Crippen LogP contribution is -2.43. The number of carbonyl (C=O) groups excluding carboxylic acids is 1. The van der Waals surface area contributed by atoms with E-state index < -0.39 is 0 Å². The molecule has 0 spiro atoms. The van der Waals surface area contributed by atoms with E-state index in [4.69, 9.17) is 9.72 Å². The normalized spacial score (nSPS) is 14.3. The number of piperazine rings is 1. The fraction of sp³-hybridized carbons (Fsp3) is 0.357. The number of methoxy groups -OCH3 is 1. The number of rotatable bonds is 10. The largest absolute Gasteiger partial charge is 0.481 e. The van der Waals surface area contributed by atoms with Gasteiger partial charge in [0, 0.05) is 68.9 Å². The van der Waals surface area contributed by atoms with Gasteiger partial charge in [-0.1, -0.05) is 18.7 Å². The van der Waals surface area contributed by atoms with Crippen molar-refractivity contribution in [2.24, 2.45) is 0 Å². The van der Waals surface area contributed by atoms with E-state index in [9.17, 15) is 4.79 Å². The van der Waals surface area contributed by atoms with Crippen LogP contribution in [0.15, 0.2) is 49.3 Å². The molecule has 1 aliphatic rings. The Hall–Kier alpha value is -3.82. The first-order chi connectivity index (χ1) is 17.8. The van der Waals surface area contributed by atoms with E-state index in [1.165, 1.54) is 11.6 Å². The summed E-state index contributed by atoms with van der Waals surface area (Å²) in [7, 11) is 3.74. The molecule has 2 aromatic heterocycles. The van der Waals surface area contributed by atoms with Crippen LogP contribution in [0, 0.1) is 13.8 Å². The molecule has 1 aromatic carbocycles. The fourth-order valence-electron chi connectivity index (χ4n) is 4.17. The van der Waals surface area contributed by atoms with Gasteiger partial charge in [-0.2, -0.15) is 4.98 Å². The number of anilines is 4. The molecule has 3 heterocycles. The molecule has 0 saturated carbocycles. The van der Waals surface area contributed by atoms with Crippen LogP contribution in [0.3, 0.4) is 0 Å². The number of aryl methyl sites for hydroxylation is 2. The second-order valence-electron chi connectivity index (χ2n) is 9.43. The van der Waals surface area contributed by atoms with E-state index in [1.54, 1.807) is 19.5 Å². The molecule has 2 N–H and O–H groups in total. The maximum Gasteiger partial charge on any atom is 0.229 e. The zero-order chi connectivity index (χ0) is 26.4. The minimum atomic E-state index is -0.0244. The van der Waals surface area contributed by atoms with E-state index in [0.717, 1.165) is 60.8 Å². The van der Waals surface area contributed by atoms with Gasteiger partial charge in [0.25, 0.3) is 0 Å². The van der Waals surface area contributed by atoms with Crippen LogP contribution in [0.1, 0.15) is 22.3 Å². The van der Waals surface area contributed by atoms with Gasteiger partial charge in [0.2, 0.25) is 11.8 Å². The Kier molecular flexibility index (Phi) is 8.47. The Bertz CT molecular complexity index is 1270. The Labute approximate surface area is 218 Å². The fourth-order valence-corrected chi connectivity index (χ4v) is 4.17. The standard InChI is InChI=1S/C28H35N7O2/c1-6-23(36)14-22-13-21(18-35-11-9-34(4)10-12-35)7-8-24(22)31-27-20(3)17-30-28(33-27)32-25-15-26(37-5)29-16-19(25)2/h6-8,13,15-17H,1,9-12,14,18H2,2-5H3,(H2,29,30,31,32,33). The number of nitrogens with zero attached hydrogens (tertiary/aromatic N) is 5. The molecule has 0 radical (unpaired) electrons. The first-order valence-corrected chi connectivity index (χ1v) is 12.4. The smallest absolute Gasteiger partial charge is 0.229 e. The molecule has 0 unspecified atom stereocenters. The van der Waals surface area contributed by atoms with Crippen LogP contribution in [0.5, 0.6) is 5.88 Å². The molecule has 194 valence electrons. The van der Waals surface area contributed by atoms with Crippen molar-refractivity contribution in [2.45, 2.75) is 26.8 Å². The zero-order valence-corrected chi connectivity index (χ0v) is 22.0. The maximum atomic E-state index is 12.3. The van der Waals surface area contributed by atoms with Crippen molar-refractivity contribution in [3.8, 4) is 5.88 Å². The van der Waals surface area contributed by atoms with Crippen LogP contribution in [-0.2, 0) is 17.8 Å². The third-order valence-electron chi connectivity index (χ3n) is 6.52. The highest BCUT2D eigenvalue weighted by Gasteiger charge is 2.16. The summed E-state index contributed by atoms with van der Waals surface area (Å²) in [6.45, 7) is 12.6. The summed E-state index contributed by atoms with van der Waals surface area (Å²) in [6.07, 6.45) is 5.15. The molecular formula is C28H35N7O2. The van der Waals surface area contributed by atoms with Crippen LogP contribution in [0.4, 0.5) is 23.1 Å². The molecule has 0 atom stereocenters. The molecule has 0 amide bonds. The lowest BCUT2D eigenvalue weighted by atomic mass is 10.0. The van der Waals surface area contributed by atoms with Crippen LogP contribution in [0.25, 0.3) is 0 Å². The van der Waals surface area contributed by atoms with Gasteiger partial charge in [-0.15, -0.1) is 0 Å². The third-order valence-corrected chi connectivity index (χ3v) is 6.52. The van der Waals surface area contributed by atoms with Crippen molar-refractivity contribution >= 4 is 28.9 Å². The summed E-state index contributed by atoms with van der Waals surface area (Å²) in [5.74, 6) is 1.59. The molecule has 1 fully saturated rings. The maximum absolute atomic E-state index is 12.3. The first kappa shape index (κ1) is 26.2. The number of hydrogen-bond donors (Lipinski definition) is 2. The molecule has 1 saturated heterocycles. The summed E-state index contributed by atoms with van der Waals surface area (Å²) in [6, 6.07) is 8.07. The van der Waals surface area contributed by atoms with Gasteiger partial charge < -0.3 is 20.3 Å². The van der Waals surface area contributed by atoms with Gasteiger partial charge in [-0.3, -0.25) is 9.69 Å². The van der Waals surface area contributed by atoms with E-state index in [0.29, 0.717) is 17.6 Å². The van der Waals surface area contributed by atoms with E-state index in [2.05, 4.69) is 56.2 Å². The van der Waals surface area contributed by atoms with Crippen LogP contribution >= 0.6 is 0 Å². The summed E-state index contributed by atoms with van der Waals surface area (Å²) >= 11 is 0. The lowest BCUT2D eigenvalue weighted by molar-refractivity contribution is -0.114. The quantitative estimate of drug-likeness (QED) is 0.399. The molecule has 0 aliphatic carbocycles. The number of ether oxygens (including phenoxy) is 1. The van der Waals surface area contributed by atoms with Gasteiger partial charge in [0.15, 0.2) is 5.78 Å². The monoisotopic (exact) mass is 501 g/mol. The van der Waals surface area contributed by atoms with E-state index in [1.807, 2.05) is 26.0 Å². The first-order valence-electron chi connectivity index (χ1n) is 12.4. The third kappa shape index (κ3) is 6.90.